The van der Waals surface area contributed by atoms with Gasteiger partial charge in [0.1, 0.15) is 11.8 Å². The summed E-state index contributed by atoms with van der Waals surface area (Å²) in [5, 5.41) is 0. The van der Waals surface area contributed by atoms with Crippen molar-refractivity contribution in [3.8, 4) is 0 Å². The molecule has 2 aliphatic carbocycles. The van der Waals surface area contributed by atoms with Crippen LogP contribution in [-0.4, -0.2) is 93.9 Å². The fourth-order valence-corrected chi connectivity index (χ4v) is 10.1. The van der Waals surface area contributed by atoms with Gasteiger partial charge in [0, 0.05) is 0 Å². The highest BCUT2D eigenvalue weighted by atomic mass is 19.1. The average Bonchev–Trinajstić information content (AvgIpc) is 4.07. The average molecular weight is 850 g/mol. The SMILES string of the molecule is C=CC1CC(/C=C\C2OC(C=C)C3C(=O)OC(=O)C23)C(C(=O)OC)C1C.CCC1CC(CCC2OC(CC)C3C(=O)OC(=O)C23)C(C(=O)OC)C1C.O=C=O.O=C=O.[2H]CF. The number of carbonyl (C=O) groups excluding carboxylic acids is 10. The van der Waals surface area contributed by atoms with Crippen molar-refractivity contribution in [2.75, 3.05) is 21.4 Å². The molecule has 0 bridgehead atoms. The van der Waals surface area contributed by atoms with Crippen LogP contribution in [0.25, 0.3) is 0 Å². The summed E-state index contributed by atoms with van der Waals surface area (Å²) in [5.41, 5.74) is 0. The van der Waals surface area contributed by atoms with Gasteiger partial charge in [0.15, 0.2) is 0 Å². The molecule has 0 aromatic rings. The van der Waals surface area contributed by atoms with Crippen LogP contribution in [0.4, 0.5) is 4.39 Å². The third-order valence-electron chi connectivity index (χ3n) is 12.9. The molecule has 6 fully saturated rings. The van der Waals surface area contributed by atoms with Crippen LogP contribution in [0, 0.1) is 71.0 Å². The molecule has 4 aliphatic heterocycles. The number of rotatable bonds is 11. The molecule has 0 spiro atoms. The van der Waals surface area contributed by atoms with Crippen LogP contribution >= 0.6 is 0 Å². The molecule has 16 unspecified atom stereocenters. The Labute approximate surface area is 350 Å². The normalized spacial score (nSPS) is 37.0. The fraction of sp³-hybridized carbons (Fsp3) is 0.674. The highest BCUT2D eigenvalue weighted by Crippen LogP contribution is 2.49. The minimum Gasteiger partial charge on any atom is -0.469 e. The van der Waals surface area contributed by atoms with E-state index in [1.807, 2.05) is 26.0 Å². The van der Waals surface area contributed by atoms with E-state index in [-0.39, 0.29) is 72.0 Å². The standard InChI is InChI=1S/C20H30O6.C20H24O6.CH3F.2CO2/c2*1-5-11-9-12(15(10(11)3)18(21)24-4)7-8-14-17-16(13(6-2)25-14)19(22)26-20(17)23;1-2;2*2-1-3/h10-17H,5-9H2,1-4H3;5-8,10-17H,1-2,9H2,3-4H3;1H3;;/b;8-7-;;;/i;;1D;;. The number of ether oxygens (including phenoxy) is 6. The van der Waals surface area contributed by atoms with Crippen LogP contribution in [0.3, 0.4) is 0 Å². The van der Waals surface area contributed by atoms with Gasteiger partial charge in [-0.1, -0.05) is 58.4 Å². The summed E-state index contributed by atoms with van der Waals surface area (Å²) in [6.45, 7) is 15.8. The van der Waals surface area contributed by atoms with E-state index in [1.54, 1.807) is 6.08 Å². The monoisotopic (exact) mass is 849 g/mol. The maximum absolute atomic E-state index is 12.3. The molecular weight excluding hydrogens is 791 g/mol. The second kappa shape index (κ2) is 24.3. The summed E-state index contributed by atoms with van der Waals surface area (Å²) in [5.74, 6) is -3.67. The van der Waals surface area contributed by atoms with Crippen molar-refractivity contribution in [2.45, 2.75) is 90.6 Å². The highest BCUT2D eigenvalue weighted by molar-refractivity contribution is 5.98. The van der Waals surface area contributed by atoms with Gasteiger partial charge in [0.2, 0.25) is 0 Å². The van der Waals surface area contributed by atoms with Gasteiger partial charge in [-0.3, -0.25) is 33.2 Å². The predicted molar refractivity (Wildman–Crippen MR) is 202 cm³/mol. The van der Waals surface area contributed by atoms with E-state index in [4.69, 9.17) is 49.0 Å². The number of cyclic esters (lactones) is 4. The van der Waals surface area contributed by atoms with Crippen LogP contribution in [0.2, 0.25) is 0 Å². The maximum Gasteiger partial charge on any atom is 0.373 e. The Morgan fingerprint density at radius 2 is 1.20 bits per heavy atom. The van der Waals surface area contributed by atoms with Gasteiger partial charge in [0.25, 0.3) is 0 Å². The minimum atomic E-state index is -1.00. The Kier molecular flexibility index (Phi) is 20.0. The van der Waals surface area contributed by atoms with Crippen LogP contribution < -0.4 is 0 Å². The number of carbonyl (C=O) groups is 6. The number of halogens is 1. The third-order valence-corrected chi connectivity index (χ3v) is 12.9. The van der Waals surface area contributed by atoms with Gasteiger partial charge in [-0.2, -0.15) is 19.2 Å². The number of alkyl halides is 1. The van der Waals surface area contributed by atoms with E-state index in [0.717, 1.165) is 25.7 Å². The van der Waals surface area contributed by atoms with E-state index in [0.29, 0.717) is 24.7 Å². The predicted octanol–water partition coefficient (Wildman–Crippen LogP) is 4.21. The molecule has 17 heteroatoms. The number of fused-ring (bicyclic) bond motifs is 2. The molecular formula is C43H57FO16. The second-order valence-corrected chi connectivity index (χ2v) is 15.4. The van der Waals surface area contributed by atoms with Crippen LogP contribution in [-0.2, 0) is 76.4 Å². The Morgan fingerprint density at radius 1 is 0.700 bits per heavy atom. The van der Waals surface area contributed by atoms with Gasteiger partial charge in [-0.25, -0.2) is 0 Å². The van der Waals surface area contributed by atoms with Crippen molar-refractivity contribution in [3.63, 3.8) is 0 Å². The Balaban J connectivity index is 0.000000352. The molecule has 4 saturated heterocycles. The van der Waals surface area contributed by atoms with Gasteiger partial charge >= 0.3 is 48.1 Å². The molecule has 0 aromatic carbocycles. The van der Waals surface area contributed by atoms with Gasteiger partial charge in [-0.15, -0.1) is 13.2 Å². The van der Waals surface area contributed by atoms with Gasteiger partial charge in [0.05, 0.1) is 70.8 Å². The van der Waals surface area contributed by atoms with E-state index in [2.05, 4.69) is 27.0 Å². The van der Waals surface area contributed by atoms with Gasteiger partial charge < -0.3 is 28.4 Å². The van der Waals surface area contributed by atoms with Crippen molar-refractivity contribution in [3.05, 3.63) is 37.5 Å². The molecule has 6 aliphatic rings. The molecule has 332 valence electrons. The zero-order chi connectivity index (χ0) is 46.1. The lowest BCUT2D eigenvalue weighted by Crippen LogP contribution is -2.28. The van der Waals surface area contributed by atoms with Crippen molar-refractivity contribution >= 4 is 48.1 Å². The molecule has 0 aromatic heterocycles. The second-order valence-electron chi connectivity index (χ2n) is 15.4. The van der Waals surface area contributed by atoms with E-state index < -0.39 is 66.9 Å². The van der Waals surface area contributed by atoms with Crippen LogP contribution in [0.5, 0.6) is 0 Å². The number of hydrogen-bond donors (Lipinski definition) is 0. The summed E-state index contributed by atoms with van der Waals surface area (Å²) in [6, 6.07) is 0. The fourth-order valence-electron chi connectivity index (χ4n) is 10.1. The number of allylic oxidation sites excluding steroid dienone is 2. The zero-order valence-electron chi connectivity index (χ0n) is 35.8. The quantitative estimate of drug-likeness (QED) is 0.123. The minimum absolute atomic E-state index is 0.0431. The largest absolute Gasteiger partial charge is 0.469 e. The summed E-state index contributed by atoms with van der Waals surface area (Å²) in [7, 11) is 1.83. The van der Waals surface area contributed by atoms with E-state index >= 15 is 0 Å². The number of methoxy groups -OCH3 is 2. The van der Waals surface area contributed by atoms with Gasteiger partial charge in [-0.05, 0) is 67.6 Å². The molecule has 6 rings (SSSR count). The van der Waals surface area contributed by atoms with Crippen LogP contribution in [0.1, 0.15) is 67.6 Å². The summed E-state index contributed by atoms with van der Waals surface area (Å²) < 4.78 is 47.0. The first-order valence-corrected chi connectivity index (χ1v) is 19.8. The van der Waals surface area contributed by atoms with Crippen molar-refractivity contribution < 1.29 is 82.1 Å². The first kappa shape index (κ1) is 49.4. The number of esters is 6. The van der Waals surface area contributed by atoms with Crippen molar-refractivity contribution in [1.82, 2.24) is 0 Å². The summed E-state index contributed by atoms with van der Waals surface area (Å²) >= 11 is 0. The van der Waals surface area contributed by atoms with E-state index in [9.17, 15) is 33.2 Å². The van der Waals surface area contributed by atoms with E-state index in [1.165, 1.54) is 20.3 Å². The number of hydrogen-bond acceptors (Lipinski definition) is 16. The lowest BCUT2D eigenvalue weighted by Gasteiger charge is -2.23. The molecule has 60 heavy (non-hydrogen) atoms. The molecule has 0 N–H and O–H groups in total. The first-order valence-electron chi connectivity index (χ1n) is 20.5. The van der Waals surface area contributed by atoms with Crippen LogP contribution in [0.15, 0.2) is 37.5 Å². The topological polar surface area (TPSA) is 226 Å². The molecule has 16 nitrogen and oxygen atoms in total. The third kappa shape index (κ3) is 11.2. The Bertz CT molecular complexity index is 1660. The molecule has 0 radical (unpaired) electrons. The zero-order valence-corrected chi connectivity index (χ0v) is 34.8. The Morgan fingerprint density at radius 3 is 1.68 bits per heavy atom. The molecule has 2 saturated carbocycles. The molecule has 0 amide bonds. The smallest absolute Gasteiger partial charge is 0.373 e. The lowest BCUT2D eigenvalue weighted by molar-refractivity contribution is -0.193. The maximum atomic E-state index is 12.3. The summed E-state index contributed by atoms with van der Waals surface area (Å²) in [4.78, 5) is 105. The first-order chi connectivity index (χ1) is 29.1. The molecule has 4 heterocycles. The Hall–Kier alpha value is -4.95. The van der Waals surface area contributed by atoms with Crippen molar-refractivity contribution in [1.29, 1.82) is 0 Å². The lowest BCUT2D eigenvalue weighted by atomic mass is 9.83. The van der Waals surface area contributed by atoms with Crippen molar-refractivity contribution in [2.24, 2.45) is 71.0 Å². The highest BCUT2D eigenvalue weighted by Gasteiger charge is 2.59. The summed E-state index contributed by atoms with van der Waals surface area (Å²) in [6.07, 6.45) is 10.9. The molecule has 16 atom stereocenters.